The van der Waals surface area contributed by atoms with Crippen molar-refractivity contribution >= 4 is 11.7 Å². The van der Waals surface area contributed by atoms with Crippen LogP contribution in [-0.2, 0) is 9.53 Å². The maximum Gasteiger partial charge on any atom is 0.239 e. The van der Waals surface area contributed by atoms with E-state index in [1.807, 2.05) is 23.1 Å². The first kappa shape index (κ1) is 14.3. The summed E-state index contributed by atoms with van der Waals surface area (Å²) in [4.78, 5) is 21.0. The summed E-state index contributed by atoms with van der Waals surface area (Å²) in [5.41, 5.74) is 0. The number of hydrogen-bond acceptors (Lipinski definition) is 5. The Balaban J connectivity index is 1.53. The number of carbonyl (C=O) groups is 1. The molecule has 1 N–H and O–H groups in total. The number of nitrogens with zero attached hydrogens (tertiary/aromatic N) is 3. The Morgan fingerprint density at radius 2 is 2.14 bits per heavy atom. The van der Waals surface area contributed by atoms with Crippen molar-refractivity contribution in [2.45, 2.75) is 18.6 Å². The molecule has 1 amide bonds. The van der Waals surface area contributed by atoms with Crippen molar-refractivity contribution in [1.82, 2.24) is 15.2 Å². The van der Waals surface area contributed by atoms with E-state index in [-0.39, 0.29) is 18.1 Å². The number of aromatic nitrogens is 1. The predicted molar refractivity (Wildman–Crippen MR) is 80.2 cm³/mol. The van der Waals surface area contributed by atoms with Gasteiger partial charge in [0, 0.05) is 46.0 Å². The molecular weight excluding hydrogens is 268 g/mol. The molecule has 2 aliphatic heterocycles. The maximum atomic E-state index is 12.5. The number of hydrogen-bond donors (Lipinski definition) is 1. The molecule has 2 atom stereocenters. The number of methoxy groups -OCH3 is 1. The summed E-state index contributed by atoms with van der Waals surface area (Å²) in [6.07, 6.45) is 2.74. The molecule has 0 aromatic carbocycles. The van der Waals surface area contributed by atoms with Crippen LogP contribution >= 0.6 is 0 Å². The standard InChI is InChI=1S/C15H22N4O2/c1-21-12-10-13(17-11-12)15(20)19-8-6-18(7-9-19)14-4-2-3-5-16-14/h2-5,12-13,17H,6-11H2,1H3. The molecule has 0 aliphatic carbocycles. The minimum absolute atomic E-state index is 0.0867. The number of nitrogens with one attached hydrogen (secondary N) is 1. The van der Waals surface area contributed by atoms with E-state index in [0.29, 0.717) is 0 Å². The molecule has 3 heterocycles. The van der Waals surface area contributed by atoms with Crippen molar-refractivity contribution in [1.29, 1.82) is 0 Å². The van der Waals surface area contributed by atoms with Crippen molar-refractivity contribution in [2.24, 2.45) is 0 Å². The van der Waals surface area contributed by atoms with Gasteiger partial charge in [-0.1, -0.05) is 6.07 Å². The van der Waals surface area contributed by atoms with E-state index in [2.05, 4.69) is 15.2 Å². The molecule has 1 aromatic heterocycles. The van der Waals surface area contributed by atoms with Gasteiger partial charge in [0.05, 0.1) is 12.1 Å². The quantitative estimate of drug-likeness (QED) is 0.856. The molecule has 0 radical (unpaired) electrons. The van der Waals surface area contributed by atoms with Gasteiger partial charge in [0.15, 0.2) is 0 Å². The van der Waals surface area contributed by atoms with Crippen molar-refractivity contribution in [3.05, 3.63) is 24.4 Å². The van der Waals surface area contributed by atoms with Crippen LogP contribution in [0.1, 0.15) is 6.42 Å². The molecule has 114 valence electrons. The summed E-state index contributed by atoms with van der Waals surface area (Å²) in [5, 5.41) is 3.26. The summed E-state index contributed by atoms with van der Waals surface area (Å²) in [5.74, 6) is 1.19. The third-order valence-corrected chi connectivity index (χ3v) is 4.29. The summed E-state index contributed by atoms with van der Waals surface area (Å²) in [6, 6.07) is 5.84. The Morgan fingerprint density at radius 1 is 1.33 bits per heavy atom. The van der Waals surface area contributed by atoms with Gasteiger partial charge in [-0.25, -0.2) is 4.98 Å². The Morgan fingerprint density at radius 3 is 2.76 bits per heavy atom. The van der Waals surface area contributed by atoms with Crippen molar-refractivity contribution < 1.29 is 9.53 Å². The van der Waals surface area contributed by atoms with E-state index in [1.54, 1.807) is 13.3 Å². The molecule has 1 aromatic rings. The molecule has 3 rings (SSSR count). The second-order valence-corrected chi connectivity index (χ2v) is 5.55. The molecular formula is C15H22N4O2. The average molecular weight is 290 g/mol. The third-order valence-electron chi connectivity index (χ3n) is 4.29. The van der Waals surface area contributed by atoms with E-state index in [1.165, 1.54) is 0 Å². The van der Waals surface area contributed by atoms with Crippen molar-refractivity contribution in [3.8, 4) is 0 Å². The number of amides is 1. The fourth-order valence-electron chi connectivity index (χ4n) is 2.99. The normalized spacial score (nSPS) is 26.1. The first-order chi connectivity index (χ1) is 10.3. The smallest absolute Gasteiger partial charge is 0.239 e. The molecule has 21 heavy (non-hydrogen) atoms. The SMILES string of the molecule is COC1CNC(C(=O)N2CCN(c3ccccn3)CC2)C1. The Kier molecular flexibility index (Phi) is 4.36. The number of carbonyl (C=O) groups excluding carboxylic acids is 1. The van der Waals surface area contributed by atoms with Crippen LogP contribution in [0.5, 0.6) is 0 Å². The minimum atomic E-state index is -0.0867. The first-order valence-corrected chi connectivity index (χ1v) is 7.49. The van der Waals surface area contributed by atoms with E-state index in [9.17, 15) is 4.79 Å². The summed E-state index contributed by atoms with van der Waals surface area (Å²) >= 11 is 0. The number of piperazine rings is 1. The Labute approximate surface area is 125 Å². The highest BCUT2D eigenvalue weighted by molar-refractivity contribution is 5.82. The van der Waals surface area contributed by atoms with Gasteiger partial charge in [-0.3, -0.25) is 4.79 Å². The van der Waals surface area contributed by atoms with Crippen LogP contribution in [0.25, 0.3) is 0 Å². The molecule has 2 aliphatic rings. The zero-order valence-corrected chi connectivity index (χ0v) is 12.4. The molecule has 0 spiro atoms. The first-order valence-electron chi connectivity index (χ1n) is 7.49. The van der Waals surface area contributed by atoms with Gasteiger partial charge in [-0.2, -0.15) is 0 Å². The van der Waals surface area contributed by atoms with Gasteiger partial charge >= 0.3 is 0 Å². The van der Waals surface area contributed by atoms with E-state index in [0.717, 1.165) is 45.0 Å². The van der Waals surface area contributed by atoms with E-state index >= 15 is 0 Å². The molecule has 0 bridgehead atoms. The van der Waals surface area contributed by atoms with Crippen LogP contribution in [0.2, 0.25) is 0 Å². The highest BCUT2D eigenvalue weighted by Crippen LogP contribution is 2.16. The molecule has 6 nitrogen and oxygen atoms in total. The Bertz CT molecular complexity index is 474. The van der Waals surface area contributed by atoms with Crippen molar-refractivity contribution in [3.63, 3.8) is 0 Å². The fourth-order valence-corrected chi connectivity index (χ4v) is 2.99. The number of anilines is 1. The van der Waals surface area contributed by atoms with E-state index in [4.69, 9.17) is 4.74 Å². The summed E-state index contributed by atoms with van der Waals surface area (Å²) < 4.78 is 5.30. The predicted octanol–water partition coefficient (Wildman–Crippen LogP) is 0.107. The zero-order chi connectivity index (χ0) is 14.7. The monoisotopic (exact) mass is 290 g/mol. The van der Waals surface area contributed by atoms with Gasteiger partial charge in [0.1, 0.15) is 5.82 Å². The fraction of sp³-hybridized carbons (Fsp3) is 0.600. The van der Waals surface area contributed by atoms with Crippen LogP contribution < -0.4 is 10.2 Å². The van der Waals surface area contributed by atoms with Crippen LogP contribution in [0.4, 0.5) is 5.82 Å². The zero-order valence-electron chi connectivity index (χ0n) is 12.4. The second-order valence-electron chi connectivity index (χ2n) is 5.55. The van der Waals surface area contributed by atoms with Crippen LogP contribution in [-0.4, -0.2) is 67.8 Å². The molecule has 6 heteroatoms. The van der Waals surface area contributed by atoms with Gasteiger partial charge in [-0.05, 0) is 18.6 Å². The number of ether oxygens (including phenoxy) is 1. The third kappa shape index (κ3) is 3.16. The highest BCUT2D eigenvalue weighted by atomic mass is 16.5. The molecule has 2 fully saturated rings. The van der Waals surface area contributed by atoms with Crippen LogP contribution in [0.15, 0.2) is 24.4 Å². The summed E-state index contributed by atoms with van der Waals surface area (Å²) in [7, 11) is 1.70. The largest absolute Gasteiger partial charge is 0.380 e. The lowest BCUT2D eigenvalue weighted by atomic mass is 10.1. The summed E-state index contributed by atoms with van der Waals surface area (Å²) in [6.45, 7) is 3.95. The number of rotatable bonds is 3. The van der Waals surface area contributed by atoms with Gasteiger partial charge in [-0.15, -0.1) is 0 Å². The van der Waals surface area contributed by atoms with Gasteiger partial charge in [0.2, 0.25) is 5.91 Å². The lowest BCUT2D eigenvalue weighted by molar-refractivity contribution is -0.133. The lowest BCUT2D eigenvalue weighted by Crippen LogP contribution is -2.53. The van der Waals surface area contributed by atoms with Crippen LogP contribution in [0, 0.1) is 0 Å². The maximum absolute atomic E-state index is 12.5. The highest BCUT2D eigenvalue weighted by Gasteiger charge is 2.33. The number of pyridine rings is 1. The molecule has 2 unspecified atom stereocenters. The van der Waals surface area contributed by atoms with Crippen LogP contribution in [0.3, 0.4) is 0 Å². The topological polar surface area (TPSA) is 57.7 Å². The minimum Gasteiger partial charge on any atom is -0.380 e. The van der Waals surface area contributed by atoms with Gasteiger partial charge < -0.3 is 19.9 Å². The van der Waals surface area contributed by atoms with E-state index < -0.39 is 0 Å². The lowest BCUT2D eigenvalue weighted by Gasteiger charge is -2.36. The second kappa shape index (κ2) is 6.41. The average Bonchev–Trinajstić information content (AvgIpc) is 3.04. The molecule has 2 saturated heterocycles. The Hall–Kier alpha value is -1.66. The molecule has 0 saturated carbocycles. The van der Waals surface area contributed by atoms with Gasteiger partial charge in [0.25, 0.3) is 0 Å². The van der Waals surface area contributed by atoms with Crippen molar-refractivity contribution in [2.75, 3.05) is 44.7 Å².